The van der Waals surface area contributed by atoms with E-state index in [-0.39, 0.29) is 6.54 Å². The Morgan fingerprint density at radius 1 is 0.952 bits per heavy atom. The number of nitrogens with zero attached hydrogens (tertiary/aromatic N) is 2. The summed E-state index contributed by atoms with van der Waals surface area (Å²) in [6.45, 7) is 4.45. The van der Waals surface area contributed by atoms with Crippen LogP contribution in [-0.2, 0) is 23.2 Å². The third kappa shape index (κ3) is 7.98. The average Bonchev–Trinajstić information content (AvgIpc) is 2.97. The molecule has 10 heteroatoms. The lowest BCUT2D eigenvalue weighted by Gasteiger charge is -2.23. The van der Waals surface area contributed by atoms with Crippen molar-refractivity contribution < 1.29 is 22.7 Å². The SMILES string of the molecule is COc1cc(/C=N\NC(=O)c2ccc(CN(c3ccc(C)c(C)c3)S(C)(=O)=O)cc2)cc(Br)c1OCc1ccccc1. The van der Waals surface area contributed by atoms with Crippen molar-refractivity contribution in [3.63, 3.8) is 0 Å². The summed E-state index contributed by atoms with van der Waals surface area (Å²) in [6, 6.07) is 25.7. The van der Waals surface area contributed by atoms with Gasteiger partial charge in [0.2, 0.25) is 10.0 Å². The number of methoxy groups -OCH3 is 1. The van der Waals surface area contributed by atoms with Gasteiger partial charge in [-0.15, -0.1) is 0 Å². The molecule has 0 atom stereocenters. The minimum absolute atomic E-state index is 0.142. The molecule has 0 heterocycles. The Balaban J connectivity index is 1.40. The fraction of sp³-hybridized carbons (Fsp3) is 0.188. The van der Waals surface area contributed by atoms with Crippen LogP contribution in [0.5, 0.6) is 11.5 Å². The third-order valence-electron chi connectivity index (χ3n) is 6.58. The number of anilines is 1. The molecular formula is C32H32BrN3O5S. The van der Waals surface area contributed by atoms with E-state index in [1.54, 1.807) is 43.5 Å². The van der Waals surface area contributed by atoms with Crippen LogP contribution in [0.4, 0.5) is 5.69 Å². The maximum Gasteiger partial charge on any atom is 0.271 e. The molecule has 0 saturated heterocycles. The Kier molecular flexibility index (Phi) is 10.0. The summed E-state index contributed by atoms with van der Waals surface area (Å²) in [6.07, 6.45) is 2.69. The normalized spacial score (nSPS) is 11.4. The van der Waals surface area contributed by atoms with Gasteiger partial charge < -0.3 is 9.47 Å². The Labute approximate surface area is 255 Å². The van der Waals surface area contributed by atoms with Gasteiger partial charge in [0, 0.05) is 5.56 Å². The number of benzene rings is 4. The number of hydrazone groups is 1. The maximum atomic E-state index is 12.7. The Hall–Kier alpha value is -4.15. The second-order valence-electron chi connectivity index (χ2n) is 9.74. The lowest BCUT2D eigenvalue weighted by atomic mass is 10.1. The molecule has 0 aromatic heterocycles. The largest absolute Gasteiger partial charge is 0.493 e. The first kappa shape index (κ1) is 30.8. The van der Waals surface area contributed by atoms with Crippen LogP contribution in [0.3, 0.4) is 0 Å². The molecule has 0 aliphatic heterocycles. The molecule has 0 fully saturated rings. The zero-order valence-electron chi connectivity index (χ0n) is 23.8. The standard InChI is InChI=1S/C32H32BrN3O5S/c1-22-10-15-28(16-23(22)2)36(42(4,38)39)20-24-11-13-27(14-12-24)32(37)35-34-19-26-17-29(33)31(30(18-26)40-3)41-21-25-8-6-5-7-9-25/h5-19H,20-21H2,1-4H3,(H,35,37)/b34-19-. The van der Waals surface area contributed by atoms with Crippen molar-refractivity contribution in [1.29, 1.82) is 0 Å². The summed E-state index contributed by atoms with van der Waals surface area (Å²) in [5.41, 5.74) is 8.05. The fourth-order valence-corrected chi connectivity index (χ4v) is 5.58. The topological polar surface area (TPSA) is 97.3 Å². The van der Waals surface area contributed by atoms with Crippen molar-refractivity contribution in [2.45, 2.75) is 27.0 Å². The molecule has 0 unspecified atom stereocenters. The molecule has 0 aliphatic rings. The number of sulfonamides is 1. The fourth-order valence-electron chi connectivity index (χ4n) is 4.12. The van der Waals surface area contributed by atoms with E-state index in [4.69, 9.17) is 9.47 Å². The van der Waals surface area contributed by atoms with E-state index in [1.807, 2.05) is 62.4 Å². The monoisotopic (exact) mass is 649 g/mol. The molecule has 8 nitrogen and oxygen atoms in total. The number of carbonyl (C=O) groups excluding carboxylic acids is 1. The van der Waals surface area contributed by atoms with Gasteiger partial charge in [-0.05, 0) is 94.0 Å². The van der Waals surface area contributed by atoms with Crippen LogP contribution in [0, 0.1) is 13.8 Å². The molecule has 0 saturated carbocycles. The first-order chi connectivity index (χ1) is 20.0. The lowest BCUT2D eigenvalue weighted by molar-refractivity contribution is 0.0955. The Bertz CT molecular complexity index is 1690. The zero-order valence-corrected chi connectivity index (χ0v) is 26.2. The van der Waals surface area contributed by atoms with Crippen LogP contribution < -0.4 is 19.2 Å². The van der Waals surface area contributed by atoms with E-state index in [1.165, 1.54) is 16.8 Å². The van der Waals surface area contributed by atoms with E-state index < -0.39 is 15.9 Å². The van der Waals surface area contributed by atoms with Crippen LogP contribution in [0.2, 0.25) is 0 Å². The van der Waals surface area contributed by atoms with Gasteiger partial charge in [-0.1, -0.05) is 48.5 Å². The molecule has 1 N–H and O–H groups in total. The molecule has 4 rings (SSSR count). The first-order valence-corrected chi connectivity index (χ1v) is 15.7. The van der Waals surface area contributed by atoms with Crippen molar-refractivity contribution in [2.75, 3.05) is 17.7 Å². The van der Waals surface area contributed by atoms with Crippen LogP contribution >= 0.6 is 15.9 Å². The first-order valence-electron chi connectivity index (χ1n) is 13.1. The van der Waals surface area contributed by atoms with Gasteiger partial charge in [0.15, 0.2) is 11.5 Å². The third-order valence-corrected chi connectivity index (χ3v) is 8.31. The highest BCUT2D eigenvalue weighted by Gasteiger charge is 2.19. The van der Waals surface area contributed by atoms with Gasteiger partial charge in [0.05, 0.1) is 36.3 Å². The Morgan fingerprint density at radius 3 is 2.31 bits per heavy atom. The summed E-state index contributed by atoms with van der Waals surface area (Å²) in [5.74, 6) is 0.683. The van der Waals surface area contributed by atoms with E-state index >= 15 is 0 Å². The second-order valence-corrected chi connectivity index (χ2v) is 12.5. The average molecular weight is 651 g/mol. The van der Waals surface area contributed by atoms with Crippen LogP contribution in [0.25, 0.3) is 0 Å². The minimum Gasteiger partial charge on any atom is -0.493 e. The van der Waals surface area contributed by atoms with Gasteiger partial charge >= 0.3 is 0 Å². The molecule has 4 aromatic rings. The second kappa shape index (κ2) is 13.7. The molecule has 0 spiro atoms. The number of rotatable bonds is 11. The van der Waals surface area contributed by atoms with Crippen molar-refractivity contribution in [3.8, 4) is 11.5 Å². The quantitative estimate of drug-likeness (QED) is 0.150. The maximum absolute atomic E-state index is 12.7. The summed E-state index contributed by atoms with van der Waals surface area (Å²) in [5, 5.41) is 4.09. The number of hydrogen-bond donors (Lipinski definition) is 1. The summed E-state index contributed by atoms with van der Waals surface area (Å²) in [4.78, 5) is 12.7. The van der Waals surface area contributed by atoms with E-state index in [0.717, 1.165) is 22.3 Å². The molecule has 4 aromatic carbocycles. The summed E-state index contributed by atoms with van der Waals surface area (Å²) >= 11 is 3.53. The lowest BCUT2D eigenvalue weighted by Crippen LogP contribution is -2.29. The van der Waals surface area contributed by atoms with Crippen molar-refractivity contribution in [1.82, 2.24) is 5.43 Å². The number of halogens is 1. The van der Waals surface area contributed by atoms with E-state index in [0.29, 0.717) is 39.4 Å². The molecule has 218 valence electrons. The highest BCUT2D eigenvalue weighted by atomic mass is 79.9. The number of aryl methyl sites for hydroxylation is 2. The molecule has 0 aliphatic carbocycles. The molecular weight excluding hydrogens is 618 g/mol. The van der Waals surface area contributed by atoms with Crippen LogP contribution in [-0.4, -0.2) is 33.9 Å². The smallest absolute Gasteiger partial charge is 0.271 e. The van der Waals surface area contributed by atoms with Gasteiger partial charge in [-0.2, -0.15) is 5.10 Å². The van der Waals surface area contributed by atoms with Gasteiger partial charge in [-0.25, -0.2) is 13.8 Å². The predicted octanol–water partition coefficient (Wildman–Crippen LogP) is 6.38. The van der Waals surface area contributed by atoms with E-state index in [2.05, 4.69) is 26.5 Å². The number of nitrogens with one attached hydrogen (secondary N) is 1. The summed E-state index contributed by atoms with van der Waals surface area (Å²) < 4.78 is 38.6. The van der Waals surface area contributed by atoms with E-state index in [9.17, 15) is 13.2 Å². The molecule has 42 heavy (non-hydrogen) atoms. The van der Waals surface area contributed by atoms with Crippen molar-refractivity contribution >= 4 is 43.8 Å². The van der Waals surface area contributed by atoms with Gasteiger partial charge in [0.25, 0.3) is 5.91 Å². The Morgan fingerprint density at radius 2 is 1.67 bits per heavy atom. The molecule has 1 amide bonds. The zero-order chi connectivity index (χ0) is 30.3. The molecule has 0 bridgehead atoms. The summed E-state index contributed by atoms with van der Waals surface area (Å²) in [7, 11) is -1.97. The van der Waals surface area contributed by atoms with Crippen LogP contribution in [0.15, 0.2) is 94.5 Å². The number of hydrogen-bond acceptors (Lipinski definition) is 6. The predicted molar refractivity (Wildman–Crippen MR) is 170 cm³/mol. The number of amides is 1. The van der Waals surface area contributed by atoms with Gasteiger partial charge in [0.1, 0.15) is 6.61 Å². The van der Waals surface area contributed by atoms with Crippen molar-refractivity contribution in [3.05, 3.63) is 123 Å². The number of carbonyl (C=O) groups is 1. The highest BCUT2D eigenvalue weighted by molar-refractivity contribution is 9.10. The molecule has 0 radical (unpaired) electrons. The number of ether oxygens (including phenoxy) is 2. The minimum atomic E-state index is -3.52. The van der Waals surface area contributed by atoms with Crippen LogP contribution in [0.1, 0.15) is 38.2 Å². The van der Waals surface area contributed by atoms with Crippen molar-refractivity contribution in [2.24, 2.45) is 5.10 Å². The highest BCUT2D eigenvalue weighted by Crippen LogP contribution is 2.37. The van der Waals surface area contributed by atoms with Gasteiger partial charge in [-0.3, -0.25) is 9.10 Å².